The summed E-state index contributed by atoms with van der Waals surface area (Å²) in [5, 5.41) is 2.73. The highest BCUT2D eigenvalue weighted by Gasteiger charge is 2.12. The number of methoxy groups -OCH3 is 1. The molecule has 0 spiro atoms. The number of nitrogen functional groups attached to an aromatic ring is 1. The zero-order chi connectivity index (χ0) is 15.6. The van der Waals surface area contributed by atoms with Crippen LogP contribution in [0.2, 0.25) is 0 Å². The Balaban J connectivity index is 2.26. The molecule has 1 amide bonds. The van der Waals surface area contributed by atoms with Crippen molar-refractivity contribution in [2.75, 3.05) is 18.2 Å². The summed E-state index contributed by atoms with van der Waals surface area (Å²) >= 11 is 3.09. The number of amides is 1. The van der Waals surface area contributed by atoms with E-state index in [1.165, 1.54) is 25.3 Å². The van der Waals surface area contributed by atoms with Crippen LogP contribution in [0.15, 0.2) is 34.8 Å². The number of hydrogen-bond acceptors (Lipinski definition) is 3. The van der Waals surface area contributed by atoms with Crippen LogP contribution in [-0.2, 0) is 0 Å². The Bertz CT molecular complexity index is 704. The predicted octanol–water partition coefficient (Wildman–Crippen LogP) is 3.74. The molecule has 0 bridgehead atoms. The third-order valence-corrected chi connectivity index (χ3v) is 3.62. The second-order valence-corrected chi connectivity index (χ2v) is 5.35. The van der Waals surface area contributed by atoms with Crippen LogP contribution in [0, 0.1) is 12.7 Å². The summed E-state index contributed by atoms with van der Waals surface area (Å²) in [6.07, 6.45) is 0. The lowest BCUT2D eigenvalue weighted by Gasteiger charge is -2.11. The van der Waals surface area contributed by atoms with E-state index in [1.807, 2.05) is 0 Å². The number of carbonyl (C=O) groups is 1. The van der Waals surface area contributed by atoms with Crippen molar-refractivity contribution in [3.63, 3.8) is 0 Å². The van der Waals surface area contributed by atoms with Crippen molar-refractivity contribution in [3.05, 3.63) is 51.7 Å². The Labute approximate surface area is 130 Å². The monoisotopic (exact) mass is 352 g/mol. The molecule has 21 heavy (non-hydrogen) atoms. The van der Waals surface area contributed by atoms with Crippen molar-refractivity contribution in [1.82, 2.24) is 0 Å². The molecule has 4 nitrogen and oxygen atoms in total. The number of aryl methyl sites for hydroxylation is 1. The van der Waals surface area contributed by atoms with E-state index in [9.17, 15) is 9.18 Å². The van der Waals surface area contributed by atoms with E-state index in [2.05, 4.69) is 21.2 Å². The smallest absolute Gasteiger partial charge is 0.255 e. The van der Waals surface area contributed by atoms with Gasteiger partial charge in [0, 0.05) is 11.3 Å². The van der Waals surface area contributed by atoms with E-state index in [0.29, 0.717) is 28.3 Å². The van der Waals surface area contributed by atoms with Gasteiger partial charge in [-0.3, -0.25) is 4.79 Å². The average Bonchev–Trinajstić information content (AvgIpc) is 2.44. The summed E-state index contributed by atoms with van der Waals surface area (Å²) in [6, 6.07) is 7.63. The summed E-state index contributed by atoms with van der Waals surface area (Å²) in [6.45, 7) is 1.72. The van der Waals surface area contributed by atoms with Gasteiger partial charge < -0.3 is 15.8 Å². The molecule has 0 fully saturated rings. The first-order valence-corrected chi connectivity index (χ1v) is 6.92. The minimum absolute atomic E-state index is 0.289. The number of benzene rings is 2. The van der Waals surface area contributed by atoms with E-state index >= 15 is 0 Å². The lowest BCUT2D eigenvalue weighted by molar-refractivity contribution is 0.102. The Morgan fingerprint density at radius 3 is 2.67 bits per heavy atom. The van der Waals surface area contributed by atoms with Gasteiger partial charge in [-0.15, -0.1) is 0 Å². The number of carbonyl (C=O) groups excluding carboxylic acids is 1. The zero-order valence-electron chi connectivity index (χ0n) is 11.5. The van der Waals surface area contributed by atoms with Crippen LogP contribution >= 0.6 is 15.9 Å². The molecule has 0 saturated carbocycles. The number of rotatable bonds is 3. The van der Waals surface area contributed by atoms with E-state index in [1.54, 1.807) is 19.1 Å². The number of ether oxygens (including phenoxy) is 1. The molecule has 0 aliphatic rings. The fourth-order valence-electron chi connectivity index (χ4n) is 1.85. The average molecular weight is 353 g/mol. The molecule has 0 unspecified atom stereocenters. The van der Waals surface area contributed by atoms with Crippen LogP contribution in [0.4, 0.5) is 15.8 Å². The highest BCUT2D eigenvalue weighted by Crippen LogP contribution is 2.26. The first-order valence-electron chi connectivity index (χ1n) is 6.13. The van der Waals surface area contributed by atoms with Crippen LogP contribution in [0.25, 0.3) is 0 Å². The highest BCUT2D eigenvalue weighted by atomic mass is 79.9. The minimum atomic E-state index is -0.376. The van der Waals surface area contributed by atoms with E-state index in [4.69, 9.17) is 10.5 Å². The van der Waals surface area contributed by atoms with Crippen molar-refractivity contribution in [2.24, 2.45) is 0 Å². The standard InChI is InChI=1S/C15H14BrFN2O2/c1-8-5-11(17)10(16)7-13(8)19-15(20)9-3-4-14(21-2)12(18)6-9/h3-7H,18H2,1-2H3,(H,19,20). The van der Waals surface area contributed by atoms with Gasteiger partial charge in [-0.05, 0) is 58.7 Å². The van der Waals surface area contributed by atoms with Gasteiger partial charge in [-0.25, -0.2) is 4.39 Å². The molecule has 0 atom stereocenters. The molecule has 3 N–H and O–H groups in total. The van der Waals surface area contributed by atoms with Crippen LogP contribution < -0.4 is 15.8 Å². The lowest BCUT2D eigenvalue weighted by Crippen LogP contribution is -2.13. The summed E-state index contributed by atoms with van der Waals surface area (Å²) in [4.78, 5) is 12.2. The highest BCUT2D eigenvalue weighted by molar-refractivity contribution is 9.10. The summed E-state index contributed by atoms with van der Waals surface area (Å²) in [5.74, 6) is -0.197. The molecular formula is C15H14BrFN2O2. The van der Waals surface area contributed by atoms with Crippen LogP contribution in [-0.4, -0.2) is 13.0 Å². The molecule has 0 aliphatic heterocycles. The fraction of sp³-hybridized carbons (Fsp3) is 0.133. The Kier molecular flexibility index (Phi) is 4.47. The minimum Gasteiger partial charge on any atom is -0.495 e. The Morgan fingerprint density at radius 2 is 2.05 bits per heavy atom. The second-order valence-electron chi connectivity index (χ2n) is 4.49. The normalized spacial score (nSPS) is 10.3. The van der Waals surface area contributed by atoms with E-state index in [0.717, 1.165) is 0 Å². The number of nitrogens with one attached hydrogen (secondary N) is 1. The predicted molar refractivity (Wildman–Crippen MR) is 84.2 cm³/mol. The van der Waals surface area contributed by atoms with Gasteiger partial charge in [0.15, 0.2) is 0 Å². The molecule has 6 heteroatoms. The van der Waals surface area contributed by atoms with E-state index in [-0.39, 0.29) is 16.2 Å². The third kappa shape index (κ3) is 3.33. The maximum atomic E-state index is 13.4. The van der Waals surface area contributed by atoms with E-state index < -0.39 is 0 Å². The third-order valence-electron chi connectivity index (χ3n) is 3.01. The Morgan fingerprint density at radius 1 is 1.33 bits per heavy atom. The van der Waals surface area contributed by atoms with Crippen molar-refractivity contribution in [1.29, 1.82) is 0 Å². The number of hydrogen-bond donors (Lipinski definition) is 2. The molecule has 110 valence electrons. The maximum absolute atomic E-state index is 13.4. The maximum Gasteiger partial charge on any atom is 0.255 e. The fourth-order valence-corrected chi connectivity index (χ4v) is 2.19. The summed E-state index contributed by atoms with van der Waals surface area (Å²) in [7, 11) is 1.50. The molecule has 0 saturated heterocycles. The number of anilines is 2. The second kappa shape index (κ2) is 6.13. The first-order chi connectivity index (χ1) is 9.92. The SMILES string of the molecule is COc1ccc(C(=O)Nc2cc(Br)c(F)cc2C)cc1N. The molecule has 2 aromatic carbocycles. The largest absolute Gasteiger partial charge is 0.495 e. The molecule has 0 aromatic heterocycles. The lowest BCUT2D eigenvalue weighted by atomic mass is 10.1. The molecule has 0 aliphatic carbocycles. The molecule has 0 heterocycles. The topological polar surface area (TPSA) is 64.3 Å². The zero-order valence-corrected chi connectivity index (χ0v) is 13.1. The van der Waals surface area contributed by atoms with Crippen molar-refractivity contribution >= 4 is 33.2 Å². The summed E-state index contributed by atoms with van der Waals surface area (Å²) in [5.41, 5.74) is 7.71. The van der Waals surface area contributed by atoms with Crippen molar-refractivity contribution < 1.29 is 13.9 Å². The van der Waals surface area contributed by atoms with Crippen LogP contribution in [0.5, 0.6) is 5.75 Å². The molecule has 0 radical (unpaired) electrons. The van der Waals surface area contributed by atoms with Gasteiger partial charge in [-0.2, -0.15) is 0 Å². The molecular weight excluding hydrogens is 339 g/mol. The molecule has 2 aromatic rings. The summed E-state index contributed by atoms with van der Waals surface area (Å²) < 4.78 is 18.7. The van der Waals surface area contributed by atoms with Gasteiger partial charge in [0.2, 0.25) is 0 Å². The van der Waals surface area contributed by atoms with Gasteiger partial charge in [0.25, 0.3) is 5.91 Å². The first kappa shape index (κ1) is 15.3. The van der Waals surface area contributed by atoms with Gasteiger partial charge in [-0.1, -0.05) is 0 Å². The molecule has 2 rings (SSSR count). The number of halogens is 2. The van der Waals surface area contributed by atoms with Crippen LogP contribution in [0.1, 0.15) is 15.9 Å². The van der Waals surface area contributed by atoms with Gasteiger partial charge in [0.05, 0.1) is 17.3 Å². The van der Waals surface area contributed by atoms with Gasteiger partial charge >= 0.3 is 0 Å². The number of nitrogens with two attached hydrogens (primary N) is 1. The van der Waals surface area contributed by atoms with Crippen molar-refractivity contribution in [2.45, 2.75) is 6.92 Å². The quantitative estimate of drug-likeness (QED) is 0.827. The van der Waals surface area contributed by atoms with Crippen molar-refractivity contribution in [3.8, 4) is 5.75 Å². The van der Waals surface area contributed by atoms with Crippen LogP contribution in [0.3, 0.4) is 0 Å². The Hall–Kier alpha value is -2.08. The van der Waals surface area contributed by atoms with Gasteiger partial charge in [0.1, 0.15) is 11.6 Å².